The van der Waals surface area contributed by atoms with E-state index >= 15 is 0 Å². The summed E-state index contributed by atoms with van der Waals surface area (Å²) >= 11 is 0. The summed E-state index contributed by atoms with van der Waals surface area (Å²) in [5.41, 5.74) is 0. The monoisotopic (exact) mass is 193 g/mol. The summed E-state index contributed by atoms with van der Waals surface area (Å²) in [5.74, 6) is 0. The van der Waals surface area contributed by atoms with Crippen molar-refractivity contribution in [3.63, 3.8) is 0 Å². The van der Waals surface area contributed by atoms with Crippen LogP contribution in [0.3, 0.4) is 0 Å². The first-order valence-electron chi connectivity index (χ1n) is 4.14. The Morgan fingerprint density at radius 1 is 1.00 bits per heavy atom. The summed E-state index contributed by atoms with van der Waals surface area (Å²) < 4.78 is 0. The van der Waals surface area contributed by atoms with E-state index in [9.17, 15) is 20.4 Å². The summed E-state index contributed by atoms with van der Waals surface area (Å²) in [4.78, 5) is 0. The van der Waals surface area contributed by atoms with Crippen LogP contribution < -0.4 is 5.32 Å². The molecule has 0 aromatic rings. The Bertz CT molecular complexity index is 165. The van der Waals surface area contributed by atoms with Gasteiger partial charge in [-0.3, -0.25) is 0 Å². The average Bonchev–Trinajstić information content (AvgIpc) is 2.22. The second-order valence-electron chi connectivity index (χ2n) is 3.24. The van der Waals surface area contributed by atoms with Crippen molar-refractivity contribution in [2.24, 2.45) is 0 Å². The van der Waals surface area contributed by atoms with E-state index in [1.807, 2.05) is 0 Å². The molecular weight excluding hydrogens is 178 g/mol. The van der Waals surface area contributed by atoms with E-state index in [1.54, 1.807) is 0 Å². The second kappa shape index (κ2) is 4.32. The lowest BCUT2D eigenvalue weighted by atomic mass is 10.0. The Morgan fingerprint density at radius 2 is 1.62 bits per heavy atom. The molecule has 1 aliphatic heterocycles. The number of nitrogens with one attached hydrogen (secondary N) is 1. The van der Waals surface area contributed by atoms with Crippen molar-refractivity contribution >= 4 is 0 Å². The fourth-order valence-corrected chi connectivity index (χ4v) is 1.35. The standard InChI is InChI=1S/C7H15NO5/c9-2-3-5(11)7(13)6(12)4(10)1-8-3/h3-13H,1-2H2/t3-,4-,5+,6-,7-/m0/s1. The number of aliphatic hydroxyl groups excluding tert-OH is 5. The number of hydrogen-bond acceptors (Lipinski definition) is 6. The minimum atomic E-state index is -1.44. The van der Waals surface area contributed by atoms with Gasteiger partial charge >= 0.3 is 0 Å². The minimum absolute atomic E-state index is 0.0283. The highest BCUT2D eigenvalue weighted by Crippen LogP contribution is 2.11. The maximum absolute atomic E-state index is 9.36. The molecule has 0 aliphatic carbocycles. The Hall–Kier alpha value is -0.240. The molecule has 1 rings (SSSR count). The topological polar surface area (TPSA) is 113 Å². The molecule has 1 saturated heterocycles. The molecule has 0 spiro atoms. The second-order valence-corrected chi connectivity index (χ2v) is 3.24. The molecule has 0 unspecified atom stereocenters. The predicted octanol–water partition coefficient (Wildman–Crippen LogP) is -3.61. The van der Waals surface area contributed by atoms with Crippen molar-refractivity contribution in [2.45, 2.75) is 30.5 Å². The largest absolute Gasteiger partial charge is 0.395 e. The smallest absolute Gasteiger partial charge is 0.110 e. The van der Waals surface area contributed by atoms with Crippen molar-refractivity contribution < 1.29 is 25.5 Å². The van der Waals surface area contributed by atoms with Crippen LogP contribution in [0, 0.1) is 0 Å². The molecule has 78 valence electrons. The zero-order chi connectivity index (χ0) is 10.0. The molecule has 0 aromatic heterocycles. The summed E-state index contributed by atoms with van der Waals surface area (Å²) in [7, 11) is 0. The maximum Gasteiger partial charge on any atom is 0.110 e. The van der Waals surface area contributed by atoms with Gasteiger partial charge in [-0.05, 0) is 0 Å². The molecule has 0 bridgehead atoms. The number of aliphatic hydroxyl groups is 5. The highest BCUT2D eigenvalue weighted by Gasteiger charge is 2.37. The van der Waals surface area contributed by atoms with Crippen LogP contribution in [-0.2, 0) is 0 Å². The quantitative estimate of drug-likeness (QED) is 0.256. The fourth-order valence-electron chi connectivity index (χ4n) is 1.35. The van der Waals surface area contributed by atoms with E-state index in [0.717, 1.165) is 0 Å². The van der Waals surface area contributed by atoms with Gasteiger partial charge in [0, 0.05) is 6.54 Å². The van der Waals surface area contributed by atoms with Gasteiger partial charge in [-0.1, -0.05) is 0 Å². The Labute approximate surface area is 75.4 Å². The van der Waals surface area contributed by atoms with Gasteiger partial charge in [0.15, 0.2) is 0 Å². The average molecular weight is 193 g/mol. The fraction of sp³-hybridized carbons (Fsp3) is 1.00. The lowest BCUT2D eigenvalue weighted by Crippen LogP contribution is -2.48. The van der Waals surface area contributed by atoms with Gasteiger partial charge in [0.2, 0.25) is 0 Å². The summed E-state index contributed by atoms with van der Waals surface area (Å²) in [6.45, 7) is -0.335. The Morgan fingerprint density at radius 3 is 2.15 bits per heavy atom. The van der Waals surface area contributed by atoms with Gasteiger partial charge in [-0.25, -0.2) is 0 Å². The molecule has 6 N–H and O–H groups in total. The molecule has 1 fully saturated rings. The van der Waals surface area contributed by atoms with Crippen LogP contribution >= 0.6 is 0 Å². The molecule has 0 saturated carbocycles. The molecule has 1 aliphatic rings. The first-order chi connectivity index (χ1) is 6.07. The molecule has 0 radical (unpaired) electrons. The van der Waals surface area contributed by atoms with E-state index in [1.165, 1.54) is 0 Å². The van der Waals surface area contributed by atoms with Crippen molar-refractivity contribution in [1.29, 1.82) is 0 Å². The molecule has 1 heterocycles. The van der Waals surface area contributed by atoms with Crippen LogP contribution in [0.4, 0.5) is 0 Å². The summed E-state index contributed by atoms with van der Waals surface area (Å²) in [6, 6.07) is -0.721. The van der Waals surface area contributed by atoms with Crippen molar-refractivity contribution in [1.82, 2.24) is 5.32 Å². The Kier molecular flexibility index (Phi) is 3.60. The lowest BCUT2D eigenvalue weighted by Gasteiger charge is -2.24. The predicted molar refractivity (Wildman–Crippen MR) is 42.9 cm³/mol. The third-order valence-electron chi connectivity index (χ3n) is 2.29. The first kappa shape index (κ1) is 10.8. The minimum Gasteiger partial charge on any atom is -0.395 e. The lowest BCUT2D eigenvalue weighted by molar-refractivity contribution is -0.0980. The molecule has 0 amide bonds. The molecule has 0 aromatic carbocycles. The third-order valence-corrected chi connectivity index (χ3v) is 2.29. The van der Waals surface area contributed by atoms with E-state index in [-0.39, 0.29) is 13.2 Å². The van der Waals surface area contributed by atoms with Crippen molar-refractivity contribution in [3.05, 3.63) is 0 Å². The van der Waals surface area contributed by atoms with E-state index < -0.39 is 30.5 Å². The van der Waals surface area contributed by atoms with Gasteiger partial charge in [0.05, 0.1) is 18.8 Å². The molecule has 6 heteroatoms. The molecular formula is C7H15NO5. The van der Waals surface area contributed by atoms with E-state index in [2.05, 4.69) is 5.32 Å². The van der Waals surface area contributed by atoms with Crippen molar-refractivity contribution in [3.8, 4) is 0 Å². The van der Waals surface area contributed by atoms with Crippen LogP contribution in [0.2, 0.25) is 0 Å². The zero-order valence-electron chi connectivity index (χ0n) is 7.04. The number of hydrogen-bond donors (Lipinski definition) is 6. The highest BCUT2D eigenvalue weighted by molar-refractivity contribution is 4.92. The summed E-state index contributed by atoms with van der Waals surface area (Å²) in [5, 5.41) is 48.5. The van der Waals surface area contributed by atoms with Crippen LogP contribution in [0.15, 0.2) is 0 Å². The van der Waals surface area contributed by atoms with Crippen molar-refractivity contribution in [2.75, 3.05) is 13.2 Å². The van der Waals surface area contributed by atoms with Gasteiger partial charge in [0.25, 0.3) is 0 Å². The van der Waals surface area contributed by atoms with Crippen LogP contribution in [0.1, 0.15) is 0 Å². The summed E-state index contributed by atoms with van der Waals surface area (Å²) in [6.07, 6.45) is -5.25. The van der Waals surface area contributed by atoms with E-state index in [0.29, 0.717) is 0 Å². The van der Waals surface area contributed by atoms with Gasteiger partial charge < -0.3 is 30.8 Å². The molecule has 5 atom stereocenters. The van der Waals surface area contributed by atoms with Gasteiger partial charge in [-0.2, -0.15) is 0 Å². The number of rotatable bonds is 1. The maximum atomic E-state index is 9.36. The SMILES string of the molecule is OC[C@@H]1NC[C@H](O)[C@H](O)[C@@H](O)[C@@H]1O. The third kappa shape index (κ3) is 2.16. The molecule has 13 heavy (non-hydrogen) atoms. The normalized spacial score (nSPS) is 47.3. The number of β-amino-alcohol motifs (C(OH)–C–C–N with tert-alkyl or cyclic N) is 1. The zero-order valence-corrected chi connectivity index (χ0v) is 7.04. The van der Waals surface area contributed by atoms with E-state index in [4.69, 9.17) is 5.11 Å². The first-order valence-corrected chi connectivity index (χ1v) is 4.14. The van der Waals surface area contributed by atoms with Crippen LogP contribution in [0.5, 0.6) is 0 Å². The molecule has 6 nitrogen and oxygen atoms in total. The highest BCUT2D eigenvalue weighted by atomic mass is 16.4. The van der Waals surface area contributed by atoms with Gasteiger partial charge in [0.1, 0.15) is 18.3 Å². The van der Waals surface area contributed by atoms with Crippen LogP contribution in [-0.4, -0.2) is 69.1 Å². The van der Waals surface area contributed by atoms with Gasteiger partial charge in [-0.15, -0.1) is 0 Å². The van der Waals surface area contributed by atoms with Crippen LogP contribution in [0.25, 0.3) is 0 Å². The Balaban J connectivity index is 2.69.